The van der Waals surface area contributed by atoms with Gasteiger partial charge in [-0.2, -0.15) is 0 Å². The third-order valence-electron chi connectivity index (χ3n) is 3.40. The predicted molar refractivity (Wildman–Crippen MR) is 88.1 cm³/mol. The summed E-state index contributed by atoms with van der Waals surface area (Å²) in [6, 6.07) is 13.7. The molecule has 24 heavy (non-hydrogen) atoms. The fourth-order valence-electron chi connectivity index (χ4n) is 2.10. The summed E-state index contributed by atoms with van der Waals surface area (Å²) in [5, 5.41) is 10.8. The van der Waals surface area contributed by atoms with E-state index in [0.29, 0.717) is 12.3 Å². The van der Waals surface area contributed by atoms with Gasteiger partial charge in [-0.05, 0) is 11.6 Å². The van der Waals surface area contributed by atoms with Crippen molar-refractivity contribution in [3.63, 3.8) is 0 Å². The number of methoxy groups -OCH3 is 1. The van der Waals surface area contributed by atoms with Crippen molar-refractivity contribution in [2.75, 3.05) is 20.8 Å². The molecule has 0 aromatic heterocycles. The van der Waals surface area contributed by atoms with Gasteiger partial charge in [0.15, 0.2) is 6.61 Å². The predicted octanol–water partition coefficient (Wildman–Crippen LogP) is 2.64. The molecule has 0 aliphatic heterocycles. The zero-order chi connectivity index (χ0) is 17.5. The Morgan fingerprint density at radius 1 is 1.21 bits per heavy atom. The number of carbonyl (C=O) groups excluding carboxylic acids is 1. The van der Waals surface area contributed by atoms with Crippen LogP contribution in [0.2, 0.25) is 0 Å². The SMILES string of the molecule is COc1cc(OCC(=O)N(C)Cc2ccccc2)ccc1[N+](=O)[O-]. The van der Waals surface area contributed by atoms with E-state index in [1.54, 1.807) is 11.9 Å². The van der Waals surface area contributed by atoms with Gasteiger partial charge in [-0.25, -0.2) is 0 Å². The lowest BCUT2D eigenvalue weighted by Gasteiger charge is -2.17. The summed E-state index contributed by atoms with van der Waals surface area (Å²) in [5.74, 6) is 0.220. The van der Waals surface area contributed by atoms with Crippen molar-refractivity contribution in [3.05, 3.63) is 64.2 Å². The minimum absolute atomic E-state index is 0.0857. The Hall–Kier alpha value is -3.09. The highest BCUT2D eigenvalue weighted by molar-refractivity contribution is 5.77. The molecule has 0 aliphatic rings. The maximum atomic E-state index is 12.1. The lowest BCUT2D eigenvalue weighted by atomic mass is 10.2. The number of hydrogen-bond acceptors (Lipinski definition) is 5. The fraction of sp³-hybridized carbons (Fsp3) is 0.235. The van der Waals surface area contributed by atoms with Gasteiger partial charge in [0.25, 0.3) is 5.91 Å². The van der Waals surface area contributed by atoms with Crippen LogP contribution in [0.25, 0.3) is 0 Å². The molecule has 2 aromatic rings. The summed E-state index contributed by atoms with van der Waals surface area (Å²) < 4.78 is 10.4. The first-order chi connectivity index (χ1) is 11.5. The van der Waals surface area contributed by atoms with Crippen molar-refractivity contribution >= 4 is 11.6 Å². The van der Waals surface area contributed by atoms with E-state index in [2.05, 4.69) is 0 Å². The van der Waals surface area contributed by atoms with Crippen molar-refractivity contribution in [1.82, 2.24) is 4.90 Å². The Labute approximate surface area is 139 Å². The van der Waals surface area contributed by atoms with Gasteiger partial charge in [-0.15, -0.1) is 0 Å². The molecule has 0 bridgehead atoms. The van der Waals surface area contributed by atoms with Crippen LogP contribution in [0.1, 0.15) is 5.56 Å². The minimum atomic E-state index is -0.540. The Morgan fingerprint density at radius 3 is 2.54 bits per heavy atom. The lowest BCUT2D eigenvalue weighted by Crippen LogP contribution is -2.30. The maximum Gasteiger partial charge on any atom is 0.311 e. The second-order valence-corrected chi connectivity index (χ2v) is 5.11. The van der Waals surface area contributed by atoms with Crippen molar-refractivity contribution < 1.29 is 19.2 Å². The fourth-order valence-corrected chi connectivity index (χ4v) is 2.10. The summed E-state index contributed by atoms with van der Waals surface area (Å²) in [6.45, 7) is 0.316. The van der Waals surface area contributed by atoms with Gasteiger partial charge in [0.1, 0.15) is 5.75 Å². The smallest absolute Gasteiger partial charge is 0.311 e. The van der Waals surface area contributed by atoms with Crippen molar-refractivity contribution in [3.8, 4) is 11.5 Å². The molecule has 0 unspecified atom stereocenters. The molecule has 0 radical (unpaired) electrons. The van der Waals surface area contributed by atoms with Crippen LogP contribution < -0.4 is 9.47 Å². The third kappa shape index (κ3) is 4.45. The standard InChI is InChI=1S/C17H18N2O5/c1-18(11-13-6-4-3-5-7-13)17(20)12-24-14-8-9-15(19(21)22)16(10-14)23-2/h3-10H,11-12H2,1-2H3. The number of amides is 1. The number of ether oxygens (including phenoxy) is 2. The number of hydrogen-bond donors (Lipinski definition) is 0. The number of rotatable bonds is 7. The Morgan fingerprint density at radius 2 is 1.92 bits per heavy atom. The molecular weight excluding hydrogens is 312 g/mol. The molecule has 0 atom stereocenters. The molecule has 0 N–H and O–H groups in total. The summed E-state index contributed by atoms with van der Waals surface area (Å²) in [7, 11) is 3.03. The van der Waals surface area contributed by atoms with Crippen LogP contribution in [0.5, 0.6) is 11.5 Å². The van der Waals surface area contributed by atoms with Crippen LogP contribution in [-0.2, 0) is 11.3 Å². The zero-order valence-electron chi connectivity index (χ0n) is 13.5. The summed E-state index contributed by atoms with van der Waals surface area (Å²) in [6.07, 6.45) is 0. The van der Waals surface area contributed by atoms with Crippen molar-refractivity contribution in [1.29, 1.82) is 0 Å². The highest BCUT2D eigenvalue weighted by Crippen LogP contribution is 2.30. The maximum absolute atomic E-state index is 12.1. The van der Waals surface area contributed by atoms with E-state index in [0.717, 1.165) is 5.56 Å². The third-order valence-corrected chi connectivity index (χ3v) is 3.40. The largest absolute Gasteiger partial charge is 0.490 e. The van der Waals surface area contributed by atoms with Crippen LogP contribution in [0.4, 0.5) is 5.69 Å². The van der Waals surface area contributed by atoms with E-state index in [4.69, 9.17) is 9.47 Å². The Balaban J connectivity index is 1.95. The van der Waals surface area contributed by atoms with Crippen LogP contribution >= 0.6 is 0 Å². The summed E-state index contributed by atoms with van der Waals surface area (Å²) in [5.41, 5.74) is 0.864. The molecule has 2 aromatic carbocycles. The van der Waals surface area contributed by atoms with Crippen LogP contribution in [0.3, 0.4) is 0 Å². The first-order valence-electron chi connectivity index (χ1n) is 7.24. The number of nitro benzene ring substituents is 1. The van der Waals surface area contributed by atoms with E-state index >= 15 is 0 Å². The van der Waals surface area contributed by atoms with Gasteiger partial charge in [0, 0.05) is 25.7 Å². The van der Waals surface area contributed by atoms with E-state index in [1.807, 2.05) is 30.3 Å². The monoisotopic (exact) mass is 330 g/mol. The average Bonchev–Trinajstić information content (AvgIpc) is 2.59. The molecule has 7 heteroatoms. The molecule has 0 saturated carbocycles. The minimum Gasteiger partial charge on any atom is -0.490 e. The summed E-state index contributed by atoms with van der Waals surface area (Å²) >= 11 is 0. The van der Waals surface area contributed by atoms with Gasteiger partial charge in [0.05, 0.1) is 12.0 Å². The van der Waals surface area contributed by atoms with Crippen molar-refractivity contribution in [2.45, 2.75) is 6.54 Å². The molecule has 0 spiro atoms. The van der Waals surface area contributed by atoms with E-state index in [1.165, 1.54) is 25.3 Å². The molecule has 2 rings (SSSR count). The Kier molecular flexibility index (Phi) is 5.73. The van der Waals surface area contributed by atoms with Crippen molar-refractivity contribution in [2.24, 2.45) is 0 Å². The molecule has 0 fully saturated rings. The molecular formula is C17H18N2O5. The number of nitro groups is 1. The second kappa shape index (κ2) is 7.96. The number of benzene rings is 2. The molecule has 0 aliphatic carbocycles. The lowest BCUT2D eigenvalue weighted by molar-refractivity contribution is -0.385. The van der Waals surface area contributed by atoms with E-state index in [-0.39, 0.29) is 24.0 Å². The molecule has 126 valence electrons. The Bertz CT molecular complexity index is 718. The topological polar surface area (TPSA) is 81.9 Å². The van der Waals surface area contributed by atoms with Gasteiger partial charge in [-0.3, -0.25) is 14.9 Å². The molecule has 0 heterocycles. The number of likely N-dealkylation sites (N-methyl/N-ethyl adjacent to an activating group) is 1. The van der Waals surface area contributed by atoms with Gasteiger partial charge >= 0.3 is 5.69 Å². The quantitative estimate of drug-likeness (QED) is 0.576. The number of nitrogens with zero attached hydrogens (tertiary/aromatic N) is 2. The number of carbonyl (C=O) groups is 1. The van der Waals surface area contributed by atoms with E-state index < -0.39 is 4.92 Å². The first kappa shape index (κ1) is 17.3. The first-order valence-corrected chi connectivity index (χ1v) is 7.24. The normalized spacial score (nSPS) is 10.1. The summed E-state index contributed by atoms with van der Waals surface area (Å²) in [4.78, 5) is 24.0. The average molecular weight is 330 g/mol. The van der Waals surface area contributed by atoms with Crippen LogP contribution in [0, 0.1) is 10.1 Å². The molecule has 0 saturated heterocycles. The highest BCUT2D eigenvalue weighted by Gasteiger charge is 2.16. The van der Waals surface area contributed by atoms with Crippen LogP contribution in [0.15, 0.2) is 48.5 Å². The second-order valence-electron chi connectivity index (χ2n) is 5.11. The zero-order valence-corrected chi connectivity index (χ0v) is 13.5. The molecule has 1 amide bonds. The molecule has 7 nitrogen and oxygen atoms in total. The van der Waals surface area contributed by atoms with E-state index in [9.17, 15) is 14.9 Å². The van der Waals surface area contributed by atoms with Gasteiger partial charge in [-0.1, -0.05) is 30.3 Å². The van der Waals surface area contributed by atoms with Crippen LogP contribution in [-0.4, -0.2) is 36.5 Å². The van der Waals surface area contributed by atoms with Gasteiger partial charge in [0.2, 0.25) is 5.75 Å². The van der Waals surface area contributed by atoms with Gasteiger partial charge < -0.3 is 14.4 Å². The highest BCUT2D eigenvalue weighted by atomic mass is 16.6.